The molecule has 5 heteroatoms. The summed E-state index contributed by atoms with van der Waals surface area (Å²) in [4.78, 5) is 20.7. The Kier molecular flexibility index (Phi) is 4.17. The molecule has 70 valence electrons. The standard InChI is InChI=1S/C8H6O4.H2Se/c9-7(10)5-1-2-6(4-3-5)8(11)12;/h1-4H,(H,9,10)(H,11,12);1H2. The molecule has 0 aliphatic rings. The summed E-state index contributed by atoms with van der Waals surface area (Å²) >= 11 is 0. The van der Waals surface area contributed by atoms with Crippen LogP contribution in [0.15, 0.2) is 24.3 Å². The zero-order valence-corrected chi connectivity index (χ0v) is 8.62. The Bertz CT molecular complexity index is 284. The zero-order chi connectivity index (χ0) is 9.14. The van der Waals surface area contributed by atoms with Crippen molar-refractivity contribution >= 4 is 29.0 Å². The van der Waals surface area contributed by atoms with Crippen LogP contribution in [0.1, 0.15) is 20.7 Å². The van der Waals surface area contributed by atoms with E-state index in [4.69, 9.17) is 10.2 Å². The van der Waals surface area contributed by atoms with Crippen molar-refractivity contribution in [1.29, 1.82) is 0 Å². The van der Waals surface area contributed by atoms with Crippen molar-refractivity contribution in [2.75, 3.05) is 0 Å². The van der Waals surface area contributed by atoms with Crippen molar-refractivity contribution in [1.82, 2.24) is 0 Å². The molecule has 0 amide bonds. The van der Waals surface area contributed by atoms with E-state index in [1.165, 1.54) is 24.3 Å². The van der Waals surface area contributed by atoms with Crippen molar-refractivity contribution in [3.8, 4) is 0 Å². The maximum absolute atomic E-state index is 10.3. The van der Waals surface area contributed by atoms with E-state index < -0.39 is 11.9 Å². The average Bonchev–Trinajstić information content (AvgIpc) is 2.04. The number of benzene rings is 1. The molecule has 0 spiro atoms. The molecule has 0 saturated carbocycles. The van der Waals surface area contributed by atoms with Crippen molar-refractivity contribution in [3.63, 3.8) is 0 Å². The molecule has 4 nitrogen and oxygen atoms in total. The van der Waals surface area contributed by atoms with Gasteiger partial charge in [0, 0.05) is 0 Å². The molecule has 0 atom stereocenters. The van der Waals surface area contributed by atoms with Gasteiger partial charge < -0.3 is 10.2 Å². The van der Waals surface area contributed by atoms with Crippen LogP contribution in [0.4, 0.5) is 0 Å². The van der Waals surface area contributed by atoms with Gasteiger partial charge in [-0.1, -0.05) is 0 Å². The van der Waals surface area contributed by atoms with E-state index in [9.17, 15) is 9.59 Å². The molecule has 0 saturated heterocycles. The van der Waals surface area contributed by atoms with E-state index in [0.29, 0.717) is 0 Å². The topological polar surface area (TPSA) is 74.6 Å². The van der Waals surface area contributed by atoms with Gasteiger partial charge in [-0.3, -0.25) is 0 Å². The third-order valence-corrected chi connectivity index (χ3v) is 1.38. The SMILES string of the molecule is O=C(O)c1ccc(C(=O)O)cc1.[SeH2]. The second-order valence-electron chi connectivity index (χ2n) is 2.19. The molecule has 1 aromatic carbocycles. The molecule has 0 unspecified atom stereocenters. The van der Waals surface area contributed by atoms with Crippen LogP contribution in [0.2, 0.25) is 0 Å². The minimum atomic E-state index is -1.06. The minimum absolute atomic E-state index is 0. The Morgan fingerprint density at radius 3 is 1.23 bits per heavy atom. The molecule has 2 N–H and O–H groups in total. The zero-order valence-electron chi connectivity index (χ0n) is 6.52. The molecule has 0 fully saturated rings. The Balaban J connectivity index is 0.00000144. The second-order valence-corrected chi connectivity index (χ2v) is 2.19. The van der Waals surface area contributed by atoms with Crippen LogP contribution in [-0.2, 0) is 0 Å². The summed E-state index contributed by atoms with van der Waals surface area (Å²) in [5, 5.41) is 16.9. The van der Waals surface area contributed by atoms with Crippen molar-refractivity contribution in [3.05, 3.63) is 35.4 Å². The second kappa shape index (κ2) is 4.64. The van der Waals surface area contributed by atoms with Gasteiger partial charge in [0.15, 0.2) is 0 Å². The molecule has 0 heterocycles. The molecular formula is C8H8O4Se. The molecule has 0 radical (unpaired) electrons. The summed E-state index contributed by atoms with van der Waals surface area (Å²) in [5.74, 6) is -2.13. The molecule has 0 aromatic heterocycles. The summed E-state index contributed by atoms with van der Waals surface area (Å²) in [6.07, 6.45) is 0. The van der Waals surface area contributed by atoms with Gasteiger partial charge in [-0.2, -0.15) is 0 Å². The normalized spacial score (nSPS) is 8.62. The van der Waals surface area contributed by atoms with Crippen molar-refractivity contribution in [2.45, 2.75) is 0 Å². The van der Waals surface area contributed by atoms with Gasteiger partial charge in [0.25, 0.3) is 0 Å². The summed E-state index contributed by atoms with van der Waals surface area (Å²) in [6, 6.07) is 5.02. The van der Waals surface area contributed by atoms with E-state index in [0.717, 1.165) is 0 Å². The number of hydrogen-bond donors (Lipinski definition) is 2. The van der Waals surface area contributed by atoms with Gasteiger partial charge in [-0.25, -0.2) is 9.59 Å². The number of carboxylic acids is 2. The quantitative estimate of drug-likeness (QED) is 0.730. The molecule has 0 bridgehead atoms. The molecular weight excluding hydrogens is 239 g/mol. The Morgan fingerprint density at radius 2 is 1.08 bits per heavy atom. The number of carbonyl (C=O) groups is 2. The van der Waals surface area contributed by atoms with Crippen LogP contribution >= 0.6 is 0 Å². The molecule has 0 aliphatic carbocycles. The fourth-order valence-electron chi connectivity index (χ4n) is 0.755. The number of carboxylic acid groups (broad SMARTS) is 2. The van der Waals surface area contributed by atoms with Crippen LogP contribution < -0.4 is 0 Å². The van der Waals surface area contributed by atoms with Crippen molar-refractivity contribution in [2.24, 2.45) is 0 Å². The van der Waals surface area contributed by atoms with Gasteiger partial charge in [-0.05, 0) is 24.3 Å². The Hall–Kier alpha value is -1.32. The summed E-state index contributed by atoms with van der Waals surface area (Å²) in [7, 11) is 0. The van der Waals surface area contributed by atoms with Gasteiger partial charge in [0.1, 0.15) is 0 Å². The number of rotatable bonds is 2. The first-order valence-corrected chi connectivity index (χ1v) is 3.18. The van der Waals surface area contributed by atoms with Gasteiger partial charge in [-0.15, -0.1) is 0 Å². The summed E-state index contributed by atoms with van der Waals surface area (Å²) in [6.45, 7) is 0. The number of hydrogen-bond acceptors (Lipinski definition) is 2. The molecule has 1 aromatic rings. The van der Waals surface area contributed by atoms with E-state index in [2.05, 4.69) is 0 Å². The van der Waals surface area contributed by atoms with Crippen LogP contribution in [0.25, 0.3) is 0 Å². The van der Waals surface area contributed by atoms with Crippen LogP contribution in [-0.4, -0.2) is 39.2 Å². The first-order chi connectivity index (χ1) is 5.61. The van der Waals surface area contributed by atoms with E-state index >= 15 is 0 Å². The van der Waals surface area contributed by atoms with Crippen LogP contribution in [0.3, 0.4) is 0 Å². The summed E-state index contributed by atoms with van der Waals surface area (Å²) in [5.41, 5.74) is 0.167. The van der Waals surface area contributed by atoms with Crippen LogP contribution in [0, 0.1) is 0 Å². The predicted octanol–water partition coefficient (Wildman–Crippen LogP) is 0.167. The van der Waals surface area contributed by atoms with Gasteiger partial charge >= 0.3 is 29.0 Å². The fraction of sp³-hybridized carbons (Fsp3) is 0. The first-order valence-electron chi connectivity index (χ1n) is 3.18. The molecule has 13 heavy (non-hydrogen) atoms. The van der Waals surface area contributed by atoms with E-state index in [-0.39, 0.29) is 28.2 Å². The predicted molar refractivity (Wildman–Crippen MR) is 48.9 cm³/mol. The third kappa shape index (κ3) is 2.89. The monoisotopic (exact) mass is 248 g/mol. The summed E-state index contributed by atoms with van der Waals surface area (Å²) < 4.78 is 0. The maximum atomic E-state index is 10.3. The van der Waals surface area contributed by atoms with Crippen molar-refractivity contribution < 1.29 is 19.8 Å². The molecule has 0 aliphatic heterocycles. The average molecular weight is 247 g/mol. The Morgan fingerprint density at radius 1 is 0.846 bits per heavy atom. The van der Waals surface area contributed by atoms with E-state index in [1.807, 2.05) is 0 Å². The fourth-order valence-corrected chi connectivity index (χ4v) is 0.755. The van der Waals surface area contributed by atoms with Gasteiger partial charge in [0.2, 0.25) is 0 Å². The van der Waals surface area contributed by atoms with Gasteiger partial charge in [0.05, 0.1) is 11.1 Å². The Labute approximate surface area is 84.7 Å². The van der Waals surface area contributed by atoms with Crippen LogP contribution in [0.5, 0.6) is 0 Å². The number of aromatic carboxylic acids is 2. The molecule has 1 rings (SSSR count). The third-order valence-electron chi connectivity index (χ3n) is 1.38. The van der Waals surface area contributed by atoms with E-state index in [1.54, 1.807) is 0 Å². The first kappa shape index (κ1) is 11.7.